The fourth-order valence-corrected chi connectivity index (χ4v) is 0.681. The molecule has 0 aliphatic heterocycles. The van der Waals surface area contributed by atoms with Crippen molar-refractivity contribution < 1.29 is 0 Å². The summed E-state index contributed by atoms with van der Waals surface area (Å²) in [7, 11) is 0. The molecule has 54 valence electrons. The highest BCUT2D eigenvalue weighted by atomic mass is 15.3. The Morgan fingerprint density at radius 3 is 2.90 bits per heavy atom. The Labute approximate surface area is 59.2 Å². The summed E-state index contributed by atoms with van der Waals surface area (Å²) in [6.45, 7) is 2.80. The van der Waals surface area contributed by atoms with E-state index in [1.807, 2.05) is 6.92 Å². The van der Waals surface area contributed by atoms with Crippen LogP contribution in [0.1, 0.15) is 12.6 Å². The zero-order chi connectivity index (χ0) is 7.56. The van der Waals surface area contributed by atoms with Crippen molar-refractivity contribution in [3.8, 4) is 0 Å². The molecule has 0 spiro atoms. The lowest BCUT2D eigenvalue weighted by molar-refractivity contribution is 0.658. The van der Waals surface area contributed by atoms with Crippen LogP contribution >= 0.6 is 0 Å². The summed E-state index contributed by atoms with van der Waals surface area (Å²) in [5, 5.41) is 11.0. The van der Waals surface area contributed by atoms with E-state index >= 15 is 0 Å². The zero-order valence-corrected chi connectivity index (χ0v) is 5.83. The number of amidine groups is 1. The standard InChI is InChI=1S/C6H10N4/c1-2-10-4-3-5(9-10)6(7)8/h3-4H,2H2,1H3,(H3,7,8). The van der Waals surface area contributed by atoms with Crippen molar-refractivity contribution in [2.75, 3.05) is 0 Å². The van der Waals surface area contributed by atoms with Crippen molar-refractivity contribution in [3.63, 3.8) is 0 Å². The molecule has 1 heterocycles. The second-order valence-corrected chi connectivity index (χ2v) is 1.97. The topological polar surface area (TPSA) is 67.7 Å². The van der Waals surface area contributed by atoms with Gasteiger partial charge >= 0.3 is 0 Å². The van der Waals surface area contributed by atoms with E-state index < -0.39 is 0 Å². The zero-order valence-electron chi connectivity index (χ0n) is 5.83. The molecule has 1 rings (SSSR count). The fraction of sp³-hybridized carbons (Fsp3) is 0.333. The summed E-state index contributed by atoms with van der Waals surface area (Å²) in [5.41, 5.74) is 5.73. The Hall–Kier alpha value is -1.32. The first-order chi connectivity index (χ1) is 4.74. The van der Waals surface area contributed by atoms with Gasteiger partial charge in [-0.3, -0.25) is 10.1 Å². The molecule has 3 N–H and O–H groups in total. The number of aryl methyl sites for hydroxylation is 1. The number of nitrogen functional groups attached to an aromatic ring is 1. The van der Waals surface area contributed by atoms with Gasteiger partial charge in [-0.05, 0) is 13.0 Å². The van der Waals surface area contributed by atoms with Gasteiger partial charge in [-0.2, -0.15) is 5.10 Å². The summed E-state index contributed by atoms with van der Waals surface area (Å²) >= 11 is 0. The van der Waals surface area contributed by atoms with Gasteiger partial charge in [0.25, 0.3) is 0 Å². The highest BCUT2D eigenvalue weighted by molar-refractivity contribution is 5.92. The first-order valence-corrected chi connectivity index (χ1v) is 3.12. The molecular formula is C6H10N4. The van der Waals surface area contributed by atoms with Gasteiger partial charge in [0.05, 0.1) is 0 Å². The lowest BCUT2D eigenvalue weighted by Gasteiger charge is -1.91. The van der Waals surface area contributed by atoms with Crippen LogP contribution in [0, 0.1) is 5.41 Å². The highest BCUT2D eigenvalue weighted by Gasteiger charge is 1.98. The summed E-state index contributed by atoms with van der Waals surface area (Å²) < 4.78 is 1.73. The monoisotopic (exact) mass is 138 g/mol. The second kappa shape index (κ2) is 2.51. The van der Waals surface area contributed by atoms with Gasteiger partial charge in [-0.1, -0.05) is 0 Å². The Bertz CT molecular complexity index is 238. The third kappa shape index (κ3) is 1.15. The number of aromatic nitrogens is 2. The van der Waals surface area contributed by atoms with E-state index in [0.717, 1.165) is 6.54 Å². The van der Waals surface area contributed by atoms with Crippen LogP contribution in [-0.4, -0.2) is 15.6 Å². The van der Waals surface area contributed by atoms with Crippen LogP contribution in [0.25, 0.3) is 0 Å². The SMILES string of the molecule is CCn1ccc(C(=N)N)n1. The molecule has 10 heavy (non-hydrogen) atoms. The van der Waals surface area contributed by atoms with Crippen molar-refractivity contribution in [1.82, 2.24) is 9.78 Å². The second-order valence-electron chi connectivity index (χ2n) is 1.97. The molecule has 0 unspecified atom stereocenters. The lowest BCUT2D eigenvalue weighted by Crippen LogP contribution is -2.12. The molecule has 0 fully saturated rings. The van der Waals surface area contributed by atoms with E-state index in [-0.39, 0.29) is 5.84 Å². The van der Waals surface area contributed by atoms with Crippen molar-refractivity contribution in [2.24, 2.45) is 5.73 Å². The molecule has 0 aliphatic rings. The van der Waals surface area contributed by atoms with Crippen LogP contribution in [0.15, 0.2) is 12.3 Å². The van der Waals surface area contributed by atoms with Gasteiger partial charge < -0.3 is 5.73 Å². The third-order valence-corrected chi connectivity index (χ3v) is 1.24. The first kappa shape index (κ1) is 6.80. The number of nitrogens with two attached hydrogens (primary N) is 1. The highest BCUT2D eigenvalue weighted by Crippen LogP contribution is 1.92. The average Bonchev–Trinajstić information content (AvgIpc) is 2.34. The molecule has 0 aromatic carbocycles. The van der Waals surface area contributed by atoms with E-state index in [0.29, 0.717) is 5.69 Å². The quantitative estimate of drug-likeness (QED) is 0.452. The van der Waals surface area contributed by atoms with Crippen molar-refractivity contribution >= 4 is 5.84 Å². The summed E-state index contributed by atoms with van der Waals surface area (Å²) in [6.07, 6.45) is 1.80. The predicted octanol–water partition coefficient (Wildman–Crippen LogP) is 0.187. The minimum Gasteiger partial charge on any atom is -0.382 e. The third-order valence-electron chi connectivity index (χ3n) is 1.24. The van der Waals surface area contributed by atoms with Gasteiger partial charge in [0, 0.05) is 12.7 Å². The molecule has 0 saturated carbocycles. The van der Waals surface area contributed by atoms with Gasteiger partial charge in [-0.15, -0.1) is 0 Å². The van der Waals surface area contributed by atoms with Gasteiger partial charge in [0.2, 0.25) is 0 Å². The van der Waals surface area contributed by atoms with E-state index in [4.69, 9.17) is 11.1 Å². The van der Waals surface area contributed by atoms with Crippen LogP contribution in [0.2, 0.25) is 0 Å². The molecular weight excluding hydrogens is 128 g/mol. The Morgan fingerprint density at radius 2 is 2.60 bits per heavy atom. The number of nitrogens with zero attached hydrogens (tertiary/aromatic N) is 2. The smallest absolute Gasteiger partial charge is 0.143 e. The number of nitrogens with one attached hydrogen (secondary N) is 1. The largest absolute Gasteiger partial charge is 0.382 e. The average molecular weight is 138 g/mol. The van der Waals surface area contributed by atoms with Crippen LogP contribution in [-0.2, 0) is 6.54 Å². The molecule has 0 bridgehead atoms. The first-order valence-electron chi connectivity index (χ1n) is 3.12. The fourth-order valence-electron chi connectivity index (χ4n) is 0.681. The van der Waals surface area contributed by atoms with E-state index in [1.54, 1.807) is 16.9 Å². The number of hydrogen-bond donors (Lipinski definition) is 2. The van der Waals surface area contributed by atoms with Crippen LogP contribution < -0.4 is 5.73 Å². The summed E-state index contributed by atoms with van der Waals surface area (Å²) in [4.78, 5) is 0. The molecule has 0 radical (unpaired) electrons. The van der Waals surface area contributed by atoms with Crippen molar-refractivity contribution in [1.29, 1.82) is 5.41 Å². The minimum absolute atomic E-state index is 0.0206. The van der Waals surface area contributed by atoms with Crippen LogP contribution in [0.5, 0.6) is 0 Å². The van der Waals surface area contributed by atoms with Gasteiger partial charge in [0.1, 0.15) is 11.5 Å². The number of rotatable bonds is 2. The Morgan fingerprint density at radius 1 is 1.90 bits per heavy atom. The summed E-state index contributed by atoms with van der Waals surface area (Å²) in [5.74, 6) is 0.0206. The Kier molecular flexibility index (Phi) is 1.71. The Balaban J connectivity index is 2.88. The maximum Gasteiger partial charge on any atom is 0.143 e. The molecule has 0 aliphatic carbocycles. The van der Waals surface area contributed by atoms with Crippen LogP contribution in [0.4, 0.5) is 0 Å². The predicted molar refractivity (Wildman–Crippen MR) is 38.9 cm³/mol. The van der Waals surface area contributed by atoms with E-state index in [1.165, 1.54) is 0 Å². The molecule has 0 amide bonds. The molecule has 4 nitrogen and oxygen atoms in total. The van der Waals surface area contributed by atoms with Crippen molar-refractivity contribution in [3.05, 3.63) is 18.0 Å². The maximum absolute atomic E-state index is 7.03. The maximum atomic E-state index is 7.03. The molecule has 0 atom stereocenters. The minimum atomic E-state index is 0.0206. The molecule has 0 saturated heterocycles. The van der Waals surface area contributed by atoms with Gasteiger partial charge in [-0.25, -0.2) is 0 Å². The van der Waals surface area contributed by atoms with E-state index in [2.05, 4.69) is 5.10 Å². The van der Waals surface area contributed by atoms with Crippen molar-refractivity contribution in [2.45, 2.75) is 13.5 Å². The lowest BCUT2D eigenvalue weighted by atomic mass is 10.4. The normalized spacial score (nSPS) is 9.70. The number of hydrogen-bond acceptors (Lipinski definition) is 2. The van der Waals surface area contributed by atoms with Crippen LogP contribution in [0.3, 0.4) is 0 Å². The molecule has 1 aromatic rings. The molecule has 4 heteroatoms. The van der Waals surface area contributed by atoms with E-state index in [9.17, 15) is 0 Å². The summed E-state index contributed by atoms with van der Waals surface area (Å²) in [6, 6.07) is 1.73. The van der Waals surface area contributed by atoms with Gasteiger partial charge in [0.15, 0.2) is 0 Å². The molecule has 1 aromatic heterocycles.